The van der Waals surface area contributed by atoms with Crippen molar-refractivity contribution in [3.05, 3.63) is 119 Å². The Balaban J connectivity index is 0.000000240. The van der Waals surface area contributed by atoms with Gasteiger partial charge in [-0.25, -0.2) is 4.99 Å². The van der Waals surface area contributed by atoms with Crippen molar-refractivity contribution in [3.8, 4) is 23.6 Å². The van der Waals surface area contributed by atoms with Crippen molar-refractivity contribution >= 4 is 42.7 Å². The van der Waals surface area contributed by atoms with Crippen molar-refractivity contribution in [2.75, 3.05) is 0 Å². The summed E-state index contributed by atoms with van der Waals surface area (Å²) in [7, 11) is 0. The van der Waals surface area contributed by atoms with Crippen LogP contribution >= 0.6 is 0 Å². The molecule has 7 heteroatoms. The van der Waals surface area contributed by atoms with Gasteiger partial charge in [-0.05, 0) is 36.4 Å². The molecule has 4 aromatic carbocycles. The van der Waals surface area contributed by atoms with Crippen molar-refractivity contribution in [3.63, 3.8) is 0 Å². The Morgan fingerprint density at radius 2 is 1.31 bits per heavy atom. The Kier molecular flexibility index (Phi) is 10.5. The van der Waals surface area contributed by atoms with Crippen molar-refractivity contribution in [1.29, 1.82) is 10.5 Å². The maximum atomic E-state index is 11.5. The van der Waals surface area contributed by atoms with Crippen molar-refractivity contribution < 1.29 is 15.2 Å². The van der Waals surface area contributed by atoms with Crippen LogP contribution in [0.1, 0.15) is 22.3 Å². The third-order valence-corrected chi connectivity index (χ3v) is 4.65. The summed E-state index contributed by atoms with van der Waals surface area (Å²) in [6.45, 7) is 0. The Morgan fingerprint density at radius 3 is 2.00 bits per heavy atom. The predicted octanol–water partition coefficient (Wildman–Crippen LogP) is 3.10. The number of phenolic OH excluding ortho intramolecular Hbond substituents is 1. The maximum Gasteiger partial charge on any atom is 0.221 e. The molecule has 0 fully saturated rings. The number of phenols is 1. The number of nitrogens with zero attached hydrogens (tertiary/aromatic N) is 3. The van der Waals surface area contributed by atoms with Gasteiger partial charge in [-0.1, -0.05) is 60.3 Å². The summed E-state index contributed by atoms with van der Waals surface area (Å²) >= 11 is 0. The van der Waals surface area contributed by atoms with Crippen LogP contribution in [0.5, 0.6) is 11.5 Å². The maximum absolute atomic E-state index is 11.5. The molecule has 0 bridgehead atoms. The van der Waals surface area contributed by atoms with E-state index in [2.05, 4.69) is 22.1 Å². The molecule has 2 N–H and O–H groups in total. The van der Waals surface area contributed by atoms with E-state index in [1.165, 1.54) is 6.07 Å². The first-order valence-electron chi connectivity index (χ1n) is 10.3. The smallest absolute Gasteiger partial charge is 0.221 e. The molecule has 0 unspecified atom stereocenters. The molecule has 2 radical (unpaired) electrons. The number of aromatic hydroxyl groups is 1. The minimum Gasteiger partial charge on any atom is -1.00 e. The number of nitriles is 2. The van der Waals surface area contributed by atoms with Crippen LogP contribution in [0.4, 0.5) is 11.4 Å². The largest absolute Gasteiger partial charge is 1.00 e. The zero-order chi connectivity index (χ0) is 24.2. The van der Waals surface area contributed by atoms with Crippen LogP contribution in [0.2, 0.25) is 0 Å². The van der Waals surface area contributed by atoms with Crippen molar-refractivity contribution in [1.82, 2.24) is 0 Å². The van der Waals surface area contributed by atoms with E-state index in [9.17, 15) is 10.2 Å². The summed E-state index contributed by atoms with van der Waals surface area (Å²) in [4.78, 5) is 7.17. The van der Waals surface area contributed by atoms with Gasteiger partial charge in [0.15, 0.2) is 6.21 Å². The minimum atomic E-state index is -0.0468. The van der Waals surface area contributed by atoms with E-state index in [0.29, 0.717) is 33.6 Å². The van der Waals surface area contributed by atoms with Crippen LogP contribution in [0, 0.1) is 22.7 Å². The first kappa shape index (κ1) is 26.6. The molecule has 0 amide bonds. The van der Waals surface area contributed by atoms with Crippen LogP contribution in [0.15, 0.2) is 102 Å². The summed E-state index contributed by atoms with van der Waals surface area (Å²) in [6.07, 6.45) is 3.16. The molecule has 6 nitrogen and oxygen atoms in total. The van der Waals surface area contributed by atoms with Gasteiger partial charge in [0, 0.05) is 23.4 Å². The SMILES string of the molecule is N#Cc1ccccc1N=Cc1ccccc1O.N#Cc1ccccc1[NH+]=Cc1ccccc1[O-].[Li-]. The van der Waals surface area contributed by atoms with E-state index in [0.717, 1.165) is 0 Å². The summed E-state index contributed by atoms with van der Waals surface area (Å²) in [6, 6.07) is 32.0. The van der Waals surface area contributed by atoms with E-state index in [-0.39, 0.29) is 30.4 Å². The summed E-state index contributed by atoms with van der Waals surface area (Å²) in [5.74, 6) is 0.125. The molecule has 4 aromatic rings. The first-order valence-corrected chi connectivity index (χ1v) is 10.3. The molecular weight excluding hydrogens is 431 g/mol. The Morgan fingerprint density at radius 1 is 0.743 bits per heavy atom. The van der Waals surface area contributed by atoms with E-state index in [1.54, 1.807) is 85.2 Å². The normalized spacial score (nSPS) is 10.0. The number of aliphatic imine (C=N–C) groups is 1. The van der Waals surface area contributed by atoms with Gasteiger partial charge in [0.2, 0.25) is 5.69 Å². The number of nitrogens with one attached hydrogen (secondary N) is 1. The fourth-order valence-electron chi connectivity index (χ4n) is 2.88. The molecule has 0 spiro atoms. The molecule has 0 saturated heterocycles. The summed E-state index contributed by atoms with van der Waals surface area (Å²) in [5, 5.41) is 38.8. The van der Waals surface area contributed by atoms with Crippen LogP contribution in [-0.2, 0) is 0 Å². The molecule has 0 aliphatic rings. The van der Waals surface area contributed by atoms with Crippen LogP contribution in [-0.4, -0.2) is 36.4 Å². The molecule has 0 aliphatic carbocycles. The molecule has 35 heavy (non-hydrogen) atoms. The zero-order valence-electron chi connectivity index (χ0n) is 19.1. The van der Waals surface area contributed by atoms with Gasteiger partial charge >= 0.3 is 0 Å². The molecule has 0 heterocycles. The first-order chi connectivity index (χ1) is 16.6. The van der Waals surface area contributed by atoms with Crippen LogP contribution < -0.4 is 10.1 Å². The Hall–Kier alpha value is -4.60. The van der Waals surface area contributed by atoms with Gasteiger partial charge in [0.25, 0.3) is 0 Å². The fourth-order valence-corrected chi connectivity index (χ4v) is 2.88. The number of benzene rings is 4. The van der Waals surface area contributed by atoms with E-state index in [1.807, 2.05) is 18.2 Å². The predicted molar refractivity (Wildman–Crippen MR) is 135 cm³/mol. The average Bonchev–Trinajstić information content (AvgIpc) is 2.88. The number of hydrogen-bond acceptors (Lipinski definition) is 5. The number of rotatable bonds is 4. The van der Waals surface area contributed by atoms with Gasteiger partial charge in [0.05, 0.1) is 11.3 Å². The van der Waals surface area contributed by atoms with Gasteiger partial charge in [-0.15, -0.1) is 0 Å². The third kappa shape index (κ3) is 7.74. The summed E-state index contributed by atoms with van der Waals surface area (Å²) in [5.41, 5.74) is 3.54. The standard InChI is InChI=1S/2C14H10N2O.Li/c2*15-9-11-5-1-3-7-13(11)16-10-12-6-2-4-8-14(12)17;/h2*1-8,10,17H;/q;;-1. The second kappa shape index (κ2) is 13.8. The van der Waals surface area contributed by atoms with Gasteiger partial charge < -0.3 is 29.1 Å². The topological polar surface area (TPSA) is 117 Å². The molecule has 0 aliphatic heterocycles. The second-order valence-corrected chi connectivity index (χ2v) is 6.93. The Labute approximate surface area is 216 Å². The van der Waals surface area contributed by atoms with E-state index >= 15 is 0 Å². The molecule has 4 rings (SSSR count). The van der Waals surface area contributed by atoms with Crippen molar-refractivity contribution in [2.45, 2.75) is 0 Å². The fraction of sp³-hybridized carbons (Fsp3) is 0. The minimum absolute atomic E-state index is 0. The van der Waals surface area contributed by atoms with E-state index in [4.69, 9.17) is 10.5 Å². The van der Waals surface area contributed by atoms with Crippen LogP contribution in [0.3, 0.4) is 0 Å². The molecule has 0 atom stereocenters. The molecule has 0 saturated carbocycles. The van der Waals surface area contributed by atoms with Crippen molar-refractivity contribution in [2.24, 2.45) is 4.99 Å². The Bertz CT molecular complexity index is 1310. The number of hydrogen-bond donors (Lipinski definition) is 2. The monoisotopic (exact) mass is 451 g/mol. The third-order valence-electron chi connectivity index (χ3n) is 4.65. The molecule has 166 valence electrons. The number of para-hydroxylation sites is 4. The van der Waals surface area contributed by atoms with Gasteiger partial charge in [-0.2, -0.15) is 10.5 Å². The quantitative estimate of drug-likeness (QED) is 0.366. The second-order valence-electron chi connectivity index (χ2n) is 6.93. The zero-order valence-corrected chi connectivity index (χ0v) is 19.1. The van der Waals surface area contributed by atoms with Crippen LogP contribution in [0.25, 0.3) is 0 Å². The molecule has 0 aromatic heterocycles. The average molecular weight is 451 g/mol. The van der Waals surface area contributed by atoms with E-state index < -0.39 is 0 Å². The van der Waals surface area contributed by atoms with Gasteiger partial charge in [0.1, 0.15) is 23.5 Å². The summed E-state index contributed by atoms with van der Waals surface area (Å²) < 4.78 is 0. The molecular formula is C28H20LiN4O2-. The van der Waals surface area contributed by atoms with Gasteiger partial charge in [-0.3, -0.25) is 4.99 Å².